The molecule has 0 bridgehead atoms. The summed E-state index contributed by atoms with van der Waals surface area (Å²) in [6.45, 7) is 2.03. The molecule has 0 aliphatic heterocycles. The van der Waals surface area contributed by atoms with Crippen molar-refractivity contribution >= 4 is 21.8 Å². The van der Waals surface area contributed by atoms with Crippen LogP contribution in [0, 0.1) is 6.92 Å². The van der Waals surface area contributed by atoms with Gasteiger partial charge in [-0.25, -0.2) is 9.97 Å². The minimum atomic E-state index is 0.935. The van der Waals surface area contributed by atoms with E-state index in [9.17, 15) is 0 Å². The molecule has 0 atom stereocenters. The molecule has 0 fully saturated rings. The smallest absolute Gasteiger partial charge is 0.0973 e. The summed E-state index contributed by atoms with van der Waals surface area (Å²) in [5, 5.41) is 2.34. The fraction of sp³-hybridized carbons (Fsp3) is 0.0400. The number of nitrogens with zero attached hydrogens (tertiary/aromatic N) is 2. The Morgan fingerprint density at radius 3 is 1.89 bits per heavy atom. The van der Waals surface area contributed by atoms with Crippen LogP contribution < -0.4 is 0 Å². The second kappa shape index (κ2) is 6.33. The van der Waals surface area contributed by atoms with Gasteiger partial charge in [-0.05, 0) is 29.5 Å². The van der Waals surface area contributed by atoms with Gasteiger partial charge in [0, 0.05) is 10.9 Å². The number of rotatable bonds is 2. The number of benzene rings is 4. The molecule has 5 rings (SSSR count). The summed E-state index contributed by atoms with van der Waals surface area (Å²) in [6, 6.07) is 31.4. The lowest BCUT2D eigenvalue weighted by molar-refractivity contribution is 1.19. The van der Waals surface area contributed by atoms with Crippen molar-refractivity contribution in [2.24, 2.45) is 0 Å². The van der Waals surface area contributed by atoms with Gasteiger partial charge in [-0.3, -0.25) is 0 Å². The maximum Gasteiger partial charge on any atom is 0.0973 e. The van der Waals surface area contributed by atoms with Gasteiger partial charge in [-0.1, -0.05) is 84.9 Å². The predicted octanol–water partition coefficient (Wildman–Crippen LogP) is 6.43. The topological polar surface area (TPSA) is 25.8 Å². The lowest BCUT2D eigenvalue weighted by Crippen LogP contribution is -1.96. The molecule has 2 heteroatoms. The summed E-state index contributed by atoms with van der Waals surface area (Å²) in [4.78, 5) is 9.97. The number of aryl methyl sites for hydroxylation is 1. The first-order valence-corrected chi connectivity index (χ1v) is 9.12. The largest absolute Gasteiger partial charge is 0.249 e. The van der Waals surface area contributed by atoms with E-state index >= 15 is 0 Å². The number of aromatic nitrogens is 2. The first-order chi connectivity index (χ1) is 13.3. The summed E-state index contributed by atoms with van der Waals surface area (Å²) in [6.07, 6.45) is 0. The molecule has 0 aliphatic rings. The van der Waals surface area contributed by atoms with Gasteiger partial charge in [-0.2, -0.15) is 0 Å². The van der Waals surface area contributed by atoms with E-state index in [4.69, 9.17) is 9.97 Å². The number of hydrogen-bond acceptors (Lipinski definition) is 2. The Bertz CT molecular complexity index is 1260. The Morgan fingerprint density at radius 2 is 1.19 bits per heavy atom. The fourth-order valence-electron chi connectivity index (χ4n) is 3.70. The van der Waals surface area contributed by atoms with E-state index in [1.165, 1.54) is 16.5 Å². The van der Waals surface area contributed by atoms with Crippen LogP contribution in [0.2, 0.25) is 0 Å². The molecule has 0 unspecified atom stereocenters. The molecular formula is C25H18N2. The minimum Gasteiger partial charge on any atom is -0.249 e. The van der Waals surface area contributed by atoms with Crippen molar-refractivity contribution in [2.45, 2.75) is 6.92 Å². The Balaban J connectivity index is 1.87. The predicted molar refractivity (Wildman–Crippen MR) is 113 cm³/mol. The normalized spacial score (nSPS) is 11.1. The lowest BCUT2D eigenvalue weighted by atomic mass is 9.96. The summed E-state index contributed by atoms with van der Waals surface area (Å²) in [7, 11) is 0. The Labute approximate surface area is 158 Å². The van der Waals surface area contributed by atoms with E-state index in [2.05, 4.69) is 66.7 Å². The van der Waals surface area contributed by atoms with Crippen LogP contribution >= 0.6 is 0 Å². The van der Waals surface area contributed by atoms with Crippen LogP contribution in [0.1, 0.15) is 5.69 Å². The summed E-state index contributed by atoms with van der Waals surface area (Å²) in [5.41, 5.74) is 7.27. The third-order valence-electron chi connectivity index (χ3n) is 4.98. The van der Waals surface area contributed by atoms with Crippen LogP contribution in [0.15, 0.2) is 91.0 Å². The van der Waals surface area contributed by atoms with E-state index in [0.717, 1.165) is 33.4 Å². The monoisotopic (exact) mass is 346 g/mol. The summed E-state index contributed by atoms with van der Waals surface area (Å²) >= 11 is 0. The van der Waals surface area contributed by atoms with Gasteiger partial charge in [0.25, 0.3) is 0 Å². The first kappa shape index (κ1) is 15.7. The van der Waals surface area contributed by atoms with E-state index in [1.54, 1.807) is 0 Å². The van der Waals surface area contributed by atoms with Gasteiger partial charge in [0.2, 0.25) is 0 Å². The lowest BCUT2D eigenvalue weighted by Gasteiger charge is -2.12. The molecule has 128 valence electrons. The maximum atomic E-state index is 5.05. The van der Waals surface area contributed by atoms with Crippen molar-refractivity contribution in [1.82, 2.24) is 9.97 Å². The molecular weight excluding hydrogens is 328 g/mol. The molecule has 0 saturated heterocycles. The van der Waals surface area contributed by atoms with Crippen LogP contribution in [0.25, 0.3) is 44.2 Å². The maximum absolute atomic E-state index is 5.05. The molecule has 2 nitrogen and oxygen atoms in total. The molecule has 0 spiro atoms. The number of fused-ring (bicyclic) bond motifs is 3. The van der Waals surface area contributed by atoms with E-state index in [-0.39, 0.29) is 0 Å². The van der Waals surface area contributed by atoms with Gasteiger partial charge in [-0.15, -0.1) is 0 Å². The molecule has 0 radical (unpaired) electrons. The average molecular weight is 346 g/mol. The van der Waals surface area contributed by atoms with Gasteiger partial charge in [0.15, 0.2) is 0 Å². The molecule has 0 N–H and O–H groups in total. The zero-order valence-corrected chi connectivity index (χ0v) is 15.1. The van der Waals surface area contributed by atoms with Crippen LogP contribution in [-0.4, -0.2) is 9.97 Å². The Morgan fingerprint density at radius 1 is 0.593 bits per heavy atom. The van der Waals surface area contributed by atoms with Crippen molar-refractivity contribution in [2.75, 3.05) is 0 Å². The first-order valence-electron chi connectivity index (χ1n) is 9.12. The Hall–Kier alpha value is -3.52. The third-order valence-corrected chi connectivity index (χ3v) is 4.98. The molecule has 4 aromatic carbocycles. The second-order valence-electron chi connectivity index (χ2n) is 6.73. The highest BCUT2D eigenvalue weighted by atomic mass is 14.8. The van der Waals surface area contributed by atoms with Crippen molar-refractivity contribution < 1.29 is 0 Å². The zero-order valence-electron chi connectivity index (χ0n) is 15.1. The van der Waals surface area contributed by atoms with Gasteiger partial charge < -0.3 is 0 Å². The molecule has 0 aliphatic carbocycles. The Kier molecular flexibility index (Phi) is 3.68. The fourth-order valence-corrected chi connectivity index (χ4v) is 3.70. The van der Waals surface area contributed by atoms with Crippen LogP contribution in [0.5, 0.6) is 0 Å². The van der Waals surface area contributed by atoms with E-state index < -0.39 is 0 Å². The molecule has 1 aromatic heterocycles. The third kappa shape index (κ3) is 2.67. The van der Waals surface area contributed by atoms with Crippen molar-refractivity contribution in [3.8, 4) is 22.4 Å². The van der Waals surface area contributed by atoms with Crippen LogP contribution in [-0.2, 0) is 0 Å². The molecule has 1 heterocycles. The van der Waals surface area contributed by atoms with Crippen LogP contribution in [0.3, 0.4) is 0 Å². The minimum absolute atomic E-state index is 0.935. The zero-order chi connectivity index (χ0) is 18.2. The molecule has 0 saturated carbocycles. The average Bonchev–Trinajstić information content (AvgIpc) is 2.74. The van der Waals surface area contributed by atoms with Gasteiger partial charge in [0.05, 0.1) is 22.4 Å². The SMILES string of the molecule is Cc1nc2cc(-c3ccccc3)c3ccccc3c2nc1-c1ccccc1. The summed E-state index contributed by atoms with van der Waals surface area (Å²) < 4.78 is 0. The van der Waals surface area contributed by atoms with Crippen molar-refractivity contribution in [3.05, 3.63) is 96.7 Å². The molecule has 0 amide bonds. The highest BCUT2D eigenvalue weighted by molar-refractivity contribution is 6.11. The molecule has 27 heavy (non-hydrogen) atoms. The second-order valence-corrected chi connectivity index (χ2v) is 6.73. The summed E-state index contributed by atoms with van der Waals surface area (Å²) in [5.74, 6) is 0. The highest BCUT2D eigenvalue weighted by Crippen LogP contribution is 2.34. The quantitative estimate of drug-likeness (QED) is 0.344. The van der Waals surface area contributed by atoms with E-state index in [0.29, 0.717) is 0 Å². The highest BCUT2D eigenvalue weighted by Gasteiger charge is 2.13. The molecule has 5 aromatic rings. The standard InChI is InChI=1S/C25H18N2/c1-17-24(19-12-6-3-7-13-19)27-25-21-15-9-8-14-20(21)22(16-23(25)26-17)18-10-4-2-5-11-18/h2-16H,1H3. The van der Waals surface area contributed by atoms with Gasteiger partial charge in [0.1, 0.15) is 0 Å². The van der Waals surface area contributed by atoms with E-state index in [1.807, 2.05) is 31.2 Å². The number of hydrogen-bond donors (Lipinski definition) is 0. The van der Waals surface area contributed by atoms with Crippen molar-refractivity contribution in [1.29, 1.82) is 0 Å². The van der Waals surface area contributed by atoms with Crippen LogP contribution in [0.4, 0.5) is 0 Å². The van der Waals surface area contributed by atoms with Crippen molar-refractivity contribution in [3.63, 3.8) is 0 Å². The van der Waals surface area contributed by atoms with Gasteiger partial charge >= 0.3 is 0 Å².